The summed E-state index contributed by atoms with van der Waals surface area (Å²) in [4.78, 5) is 48.4. The molecule has 8 heteroatoms. The number of thioether (sulfide) groups is 1. The number of rotatable bonds is 12. The summed E-state index contributed by atoms with van der Waals surface area (Å²) in [5, 5.41) is 10.3. The van der Waals surface area contributed by atoms with Gasteiger partial charge in [-0.05, 0) is 37.0 Å². The lowest BCUT2D eigenvalue weighted by Crippen LogP contribution is -2.57. The van der Waals surface area contributed by atoms with Crippen molar-refractivity contribution in [1.82, 2.24) is 9.80 Å². The Kier molecular flexibility index (Phi) is 8.71. The van der Waals surface area contributed by atoms with Crippen LogP contribution in [0.15, 0.2) is 86.0 Å². The molecule has 2 aromatic rings. The second-order valence-electron chi connectivity index (χ2n) is 11.1. The van der Waals surface area contributed by atoms with E-state index in [2.05, 4.69) is 13.2 Å². The molecule has 3 heterocycles. The summed E-state index contributed by atoms with van der Waals surface area (Å²) in [5.74, 6) is -1.64. The van der Waals surface area contributed by atoms with Crippen LogP contribution in [0.4, 0.5) is 5.69 Å². The first-order valence-electron chi connectivity index (χ1n) is 14.4. The van der Waals surface area contributed by atoms with Crippen molar-refractivity contribution >= 4 is 35.2 Å². The standard InChI is InChI=1S/C33H39N3O4S/c1-4-19-34(21-23-13-9-7-10-14-23)32(40)29-33-18-17-26(41-33)27(28(33)31(39)36(29)24(6-3)22-37)30(38)35(20-5-2)25-15-11-8-12-16-25/h4-5,7-16,24,26-29,37H,1-2,6,17-22H2,3H3/t24-,26+,27-,28-,29?,33?/m0/s1. The Hall–Kier alpha value is -3.36. The van der Waals surface area contributed by atoms with E-state index in [4.69, 9.17) is 0 Å². The Labute approximate surface area is 246 Å². The number of carbonyl (C=O) groups is 3. The molecule has 3 fully saturated rings. The number of hydrogen-bond acceptors (Lipinski definition) is 5. The number of benzene rings is 2. The van der Waals surface area contributed by atoms with Gasteiger partial charge in [-0.1, -0.05) is 67.6 Å². The van der Waals surface area contributed by atoms with Crippen LogP contribution in [-0.2, 0) is 20.9 Å². The minimum atomic E-state index is -0.766. The van der Waals surface area contributed by atoms with Gasteiger partial charge in [0.05, 0.1) is 29.2 Å². The fraction of sp³-hybridized carbons (Fsp3) is 0.424. The van der Waals surface area contributed by atoms with Crippen molar-refractivity contribution in [2.45, 2.75) is 54.8 Å². The van der Waals surface area contributed by atoms with Crippen LogP contribution in [0.25, 0.3) is 0 Å². The topological polar surface area (TPSA) is 81.2 Å². The molecule has 1 spiro atoms. The maximum Gasteiger partial charge on any atom is 0.247 e. The first-order valence-corrected chi connectivity index (χ1v) is 15.3. The first kappa shape index (κ1) is 29.1. The van der Waals surface area contributed by atoms with Gasteiger partial charge in [0.2, 0.25) is 17.7 Å². The van der Waals surface area contributed by atoms with Gasteiger partial charge in [0.1, 0.15) is 6.04 Å². The molecule has 3 aliphatic rings. The Bertz CT molecular complexity index is 1280. The van der Waals surface area contributed by atoms with Crippen LogP contribution in [0.2, 0.25) is 0 Å². The number of likely N-dealkylation sites (tertiary alicyclic amines) is 1. The van der Waals surface area contributed by atoms with Crippen molar-refractivity contribution in [3.05, 3.63) is 91.5 Å². The van der Waals surface area contributed by atoms with Crippen LogP contribution in [0.3, 0.4) is 0 Å². The summed E-state index contributed by atoms with van der Waals surface area (Å²) in [7, 11) is 0. The number of nitrogens with zero attached hydrogens (tertiary/aromatic N) is 3. The number of aliphatic hydroxyl groups is 1. The van der Waals surface area contributed by atoms with Crippen LogP contribution in [0, 0.1) is 11.8 Å². The Balaban J connectivity index is 1.55. The minimum absolute atomic E-state index is 0.0545. The van der Waals surface area contributed by atoms with E-state index >= 15 is 0 Å². The Morgan fingerprint density at radius 1 is 1.07 bits per heavy atom. The predicted octanol–water partition coefficient (Wildman–Crippen LogP) is 4.28. The highest BCUT2D eigenvalue weighted by atomic mass is 32.2. The van der Waals surface area contributed by atoms with Crippen molar-refractivity contribution < 1.29 is 19.5 Å². The zero-order valence-corrected chi connectivity index (χ0v) is 24.4. The summed E-state index contributed by atoms with van der Waals surface area (Å²) in [6.45, 7) is 10.5. The highest BCUT2D eigenvalue weighted by Gasteiger charge is 2.74. The van der Waals surface area contributed by atoms with E-state index in [0.29, 0.717) is 32.5 Å². The third-order valence-corrected chi connectivity index (χ3v) is 10.8. The maximum atomic E-state index is 14.6. The number of aliphatic hydroxyl groups excluding tert-OH is 1. The Morgan fingerprint density at radius 3 is 2.34 bits per heavy atom. The molecule has 2 unspecified atom stereocenters. The number of hydrogen-bond donors (Lipinski definition) is 1. The van der Waals surface area contributed by atoms with Crippen molar-refractivity contribution in [3.8, 4) is 0 Å². The average Bonchev–Trinajstić information content (AvgIpc) is 3.64. The number of para-hydroxylation sites is 1. The Morgan fingerprint density at radius 2 is 1.73 bits per heavy atom. The van der Waals surface area contributed by atoms with Gasteiger partial charge in [-0.25, -0.2) is 0 Å². The molecule has 3 amide bonds. The third kappa shape index (κ3) is 5.01. The van der Waals surface area contributed by atoms with Crippen molar-refractivity contribution in [2.75, 3.05) is 24.6 Å². The lowest BCUT2D eigenvalue weighted by molar-refractivity contribution is -0.146. The van der Waals surface area contributed by atoms with Crippen LogP contribution in [-0.4, -0.2) is 74.4 Å². The fourth-order valence-corrected chi connectivity index (χ4v) is 9.26. The summed E-state index contributed by atoms with van der Waals surface area (Å²) in [6.07, 6.45) is 5.35. The lowest BCUT2D eigenvalue weighted by Gasteiger charge is -2.39. The van der Waals surface area contributed by atoms with Crippen LogP contribution in [0.1, 0.15) is 31.7 Å². The second kappa shape index (κ2) is 12.2. The molecular formula is C33H39N3O4S. The van der Waals surface area contributed by atoms with Crippen molar-refractivity contribution in [1.29, 1.82) is 0 Å². The normalized spacial score (nSPS) is 26.9. The maximum absolute atomic E-state index is 14.6. The molecular weight excluding hydrogens is 534 g/mol. The number of amides is 3. The van der Waals surface area contributed by atoms with Gasteiger partial charge in [0.15, 0.2) is 0 Å². The van der Waals surface area contributed by atoms with Crippen molar-refractivity contribution in [2.24, 2.45) is 11.8 Å². The molecule has 2 aromatic carbocycles. The zero-order valence-electron chi connectivity index (χ0n) is 23.6. The predicted molar refractivity (Wildman–Crippen MR) is 163 cm³/mol. The summed E-state index contributed by atoms with van der Waals surface area (Å²) in [5.41, 5.74) is 1.75. The van der Waals surface area contributed by atoms with Gasteiger partial charge in [-0.2, -0.15) is 0 Å². The molecule has 2 bridgehead atoms. The molecule has 0 aliphatic carbocycles. The second-order valence-corrected chi connectivity index (χ2v) is 12.7. The van der Waals surface area contributed by atoms with Gasteiger partial charge >= 0.3 is 0 Å². The molecule has 41 heavy (non-hydrogen) atoms. The molecule has 7 nitrogen and oxygen atoms in total. The highest BCUT2D eigenvalue weighted by molar-refractivity contribution is 8.02. The lowest BCUT2D eigenvalue weighted by atomic mass is 9.70. The summed E-state index contributed by atoms with van der Waals surface area (Å²) >= 11 is 1.65. The van der Waals surface area contributed by atoms with Gasteiger partial charge in [0, 0.05) is 30.6 Å². The molecule has 6 atom stereocenters. The van der Waals surface area contributed by atoms with Crippen LogP contribution < -0.4 is 4.90 Å². The fourth-order valence-electron chi connectivity index (χ4n) is 7.06. The molecule has 0 saturated carbocycles. The number of fused-ring (bicyclic) bond motifs is 1. The van der Waals surface area contributed by atoms with Gasteiger partial charge in [-0.15, -0.1) is 24.9 Å². The van der Waals surface area contributed by atoms with Gasteiger partial charge < -0.3 is 19.8 Å². The van der Waals surface area contributed by atoms with E-state index in [1.807, 2.05) is 67.6 Å². The van der Waals surface area contributed by atoms with E-state index in [1.165, 1.54) is 0 Å². The van der Waals surface area contributed by atoms with E-state index in [9.17, 15) is 19.5 Å². The zero-order chi connectivity index (χ0) is 29.1. The SMILES string of the molecule is C=CCN(Cc1ccccc1)C(=O)C1N([C@@H](CC)CO)C(=O)[C@@H]2[C@@H](C(=O)N(CC=C)c3ccccc3)[C@H]3CCC12S3. The molecule has 1 N–H and O–H groups in total. The number of anilines is 1. The van der Waals surface area contributed by atoms with Gasteiger partial charge in [0.25, 0.3) is 0 Å². The number of carbonyl (C=O) groups excluding carboxylic acids is 3. The molecule has 216 valence electrons. The molecule has 0 aromatic heterocycles. The van der Waals surface area contributed by atoms with Crippen molar-refractivity contribution in [3.63, 3.8) is 0 Å². The van der Waals surface area contributed by atoms with E-state index in [0.717, 1.165) is 17.7 Å². The van der Waals surface area contributed by atoms with Crippen LogP contribution >= 0.6 is 11.8 Å². The summed E-state index contributed by atoms with van der Waals surface area (Å²) < 4.78 is -0.728. The van der Waals surface area contributed by atoms with E-state index in [1.54, 1.807) is 38.6 Å². The molecule has 3 saturated heterocycles. The molecule has 0 radical (unpaired) electrons. The largest absolute Gasteiger partial charge is 0.394 e. The average molecular weight is 574 g/mol. The van der Waals surface area contributed by atoms with E-state index in [-0.39, 0.29) is 29.6 Å². The monoisotopic (exact) mass is 573 g/mol. The summed E-state index contributed by atoms with van der Waals surface area (Å²) in [6, 6.07) is 18.0. The molecule has 5 rings (SSSR count). The highest BCUT2D eigenvalue weighted by Crippen LogP contribution is 2.67. The van der Waals surface area contributed by atoms with Gasteiger partial charge in [-0.3, -0.25) is 14.4 Å². The molecule has 3 aliphatic heterocycles. The smallest absolute Gasteiger partial charge is 0.247 e. The van der Waals surface area contributed by atoms with Crippen LogP contribution in [0.5, 0.6) is 0 Å². The third-order valence-electron chi connectivity index (χ3n) is 8.86. The minimum Gasteiger partial charge on any atom is -0.394 e. The quantitative estimate of drug-likeness (QED) is 0.384. The van der Waals surface area contributed by atoms with E-state index < -0.39 is 28.7 Å². The first-order chi connectivity index (χ1) is 19.9.